The number of nitrogen functional groups attached to an aromatic ring is 1. The molecule has 0 spiro atoms. The summed E-state index contributed by atoms with van der Waals surface area (Å²) in [5.74, 6) is -2.32. The molecule has 1 aromatic heterocycles. The minimum absolute atomic E-state index is 0.0888. The highest BCUT2D eigenvalue weighted by molar-refractivity contribution is 7.14. The van der Waals surface area contributed by atoms with Crippen LogP contribution in [0.4, 0.5) is 24.3 Å². The molecule has 0 saturated carbocycles. The smallest absolute Gasteiger partial charge is 0.416 e. The van der Waals surface area contributed by atoms with Crippen LogP contribution in [0.25, 0.3) is 0 Å². The number of esters is 1. The van der Waals surface area contributed by atoms with Crippen LogP contribution in [0, 0.1) is 11.6 Å². The number of rotatable bonds is 11. The Hall–Kier alpha value is -4.28. The Balaban J connectivity index is 1.72. The van der Waals surface area contributed by atoms with Crippen molar-refractivity contribution in [2.24, 2.45) is 0 Å². The van der Waals surface area contributed by atoms with Crippen molar-refractivity contribution in [1.82, 2.24) is 4.90 Å². The summed E-state index contributed by atoms with van der Waals surface area (Å²) in [5.41, 5.74) is 6.74. The molecule has 10 heteroatoms. The summed E-state index contributed by atoms with van der Waals surface area (Å²) in [6.07, 6.45) is -0.891. The molecule has 1 unspecified atom stereocenters. The molecule has 4 rings (SSSR count). The van der Waals surface area contributed by atoms with Gasteiger partial charge in [-0.3, -0.25) is 9.80 Å². The van der Waals surface area contributed by atoms with E-state index in [0.29, 0.717) is 17.8 Å². The number of carbonyl (C=O) groups excluding carboxylic acids is 2. The van der Waals surface area contributed by atoms with E-state index in [1.807, 2.05) is 42.3 Å². The Kier molecular flexibility index (Phi) is 9.92. The summed E-state index contributed by atoms with van der Waals surface area (Å²) in [7, 11) is 1.90. The number of ether oxygens (including phenoxy) is 2. The fourth-order valence-corrected chi connectivity index (χ4v) is 5.54. The molecule has 1 atom stereocenters. The first-order valence-electron chi connectivity index (χ1n) is 13.4. The van der Waals surface area contributed by atoms with Crippen molar-refractivity contribution in [1.29, 1.82) is 0 Å². The van der Waals surface area contributed by atoms with Gasteiger partial charge in [0.1, 0.15) is 22.2 Å². The molecule has 3 aromatic carbocycles. The number of nitrogens with two attached hydrogens (primary N) is 1. The van der Waals surface area contributed by atoms with E-state index >= 15 is 0 Å². The van der Waals surface area contributed by atoms with Gasteiger partial charge in [0, 0.05) is 24.3 Å². The van der Waals surface area contributed by atoms with Crippen LogP contribution < -0.4 is 10.6 Å². The van der Waals surface area contributed by atoms with Crippen molar-refractivity contribution in [2.45, 2.75) is 32.5 Å². The molecular weight excluding hydrogens is 560 g/mol. The molecule has 0 aliphatic heterocycles. The molecule has 0 radical (unpaired) electrons. The zero-order chi connectivity index (χ0) is 30.3. The fraction of sp³-hybridized carbons (Fsp3) is 0.250. The predicted molar refractivity (Wildman–Crippen MR) is 160 cm³/mol. The highest BCUT2D eigenvalue weighted by Gasteiger charge is 2.37. The summed E-state index contributed by atoms with van der Waals surface area (Å²) in [5, 5.41) is 1.75. The minimum Gasteiger partial charge on any atom is -0.462 e. The Morgan fingerprint density at radius 3 is 2.24 bits per heavy atom. The summed E-state index contributed by atoms with van der Waals surface area (Å²) in [4.78, 5) is 29.9. The topological polar surface area (TPSA) is 85.1 Å². The lowest BCUT2D eigenvalue weighted by atomic mass is 9.94. The summed E-state index contributed by atoms with van der Waals surface area (Å²) >= 11 is 1.06. The number of hydrogen-bond donors (Lipinski definition) is 1. The van der Waals surface area contributed by atoms with Crippen molar-refractivity contribution in [3.63, 3.8) is 0 Å². The van der Waals surface area contributed by atoms with Gasteiger partial charge in [0.05, 0.1) is 18.7 Å². The van der Waals surface area contributed by atoms with Crippen molar-refractivity contribution < 1.29 is 27.8 Å². The first-order chi connectivity index (χ1) is 20.1. The van der Waals surface area contributed by atoms with E-state index in [9.17, 15) is 18.4 Å². The maximum atomic E-state index is 14.8. The number of benzene rings is 3. The van der Waals surface area contributed by atoms with Crippen molar-refractivity contribution in [3.05, 3.63) is 118 Å². The largest absolute Gasteiger partial charge is 0.462 e. The normalized spacial score (nSPS) is 12.5. The Labute approximate surface area is 248 Å². The van der Waals surface area contributed by atoms with Gasteiger partial charge in [-0.2, -0.15) is 0 Å². The number of likely N-dealkylation sites (N-methyl/N-ethyl adjacent to an activating group) is 1. The third-order valence-corrected chi connectivity index (χ3v) is 7.62. The van der Waals surface area contributed by atoms with E-state index in [0.717, 1.165) is 33.9 Å². The van der Waals surface area contributed by atoms with Gasteiger partial charge in [-0.05, 0) is 67.7 Å². The highest BCUT2D eigenvalue weighted by Crippen LogP contribution is 2.35. The van der Waals surface area contributed by atoms with Crippen molar-refractivity contribution in [2.75, 3.05) is 30.8 Å². The standard InChI is InChI=1S/C32H33F2N3O4S/c1-4-40-30(38)25-17-18-42-29(25)37(20-26-27(33)11-8-12-28(26)34)31(39)41-32(2,23-13-15-24(35)16-14-23)21-36(3)19-22-9-6-5-7-10-22/h5-18H,4,19-21,35H2,1-3H3. The molecule has 7 nitrogen and oxygen atoms in total. The average molecular weight is 594 g/mol. The monoisotopic (exact) mass is 593 g/mol. The second kappa shape index (κ2) is 13.6. The van der Waals surface area contributed by atoms with Gasteiger partial charge in [0.2, 0.25) is 0 Å². The third kappa shape index (κ3) is 7.32. The van der Waals surface area contributed by atoms with E-state index < -0.39 is 35.8 Å². The van der Waals surface area contributed by atoms with E-state index in [2.05, 4.69) is 0 Å². The number of hydrogen-bond acceptors (Lipinski definition) is 7. The number of thiophene rings is 1. The van der Waals surface area contributed by atoms with Gasteiger partial charge in [0.15, 0.2) is 0 Å². The first-order valence-corrected chi connectivity index (χ1v) is 14.3. The van der Waals surface area contributed by atoms with E-state index in [1.54, 1.807) is 43.5 Å². The maximum Gasteiger partial charge on any atom is 0.416 e. The van der Waals surface area contributed by atoms with Crippen LogP contribution in [-0.4, -0.2) is 37.2 Å². The second-order valence-corrected chi connectivity index (χ2v) is 10.9. The second-order valence-electron chi connectivity index (χ2n) is 10.0. The molecule has 0 aliphatic carbocycles. The maximum absolute atomic E-state index is 14.8. The van der Waals surface area contributed by atoms with Gasteiger partial charge < -0.3 is 15.2 Å². The number of amides is 1. The van der Waals surface area contributed by atoms with Gasteiger partial charge in [-0.15, -0.1) is 11.3 Å². The predicted octanol–water partition coefficient (Wildman–Crippen LogP) is 6.98. The summed E-state index contributed by atoms with van der Waals surface area (Å²) < 4.78 is 41.0. The minimum atomic E-state index is -1.22. The van der Waals surface area contributed by atoms with Crippen LogP contribution in [0.2, 0.25) is 0 Å². The Bertz CT molecular complexity index is 1490. The molecule has 1 heterocycles. The fourth-order valence-electron chi connectivity index (χ4n) is 4.67. The molecule has 0 saturated heterocycles. The molecule has 220 valence electrons. The van der Waals surface area contributed by atoms with Crippen LogP contribution in [0.3, 0.4) is 0 Å². The lowest BCUT2D eigenvalue weighted by molar-refractivity contribution is 0.00114. The molecule has 4 aromatic rings. The molecule has 0 bridgehead atoms. The van der Waals surface area contributed by atoms with Crippen LogP contribution in [0.1, 0.15) is 40.9 Å². The van der Waals surface area contributed by atoms with Crippen LogP contribution >= 0.6 is 11.3 Å². The Morgan fingerprint density at radius 2 is 1.60 bits per heavy atom. The summed E-state index contributed by atoms with van der Waals surface area (Å²) in [6.45, 7) is 3.88. The molecular formula is C32H33F2N3O4S. The Morgan fingerprint density at radius 1 is 0.929 bits per heavy atom. The summed E-state index contributed by atoms with van der Waals surface area (Å²) in [6, 6.07) is 21.8. The lowest BCUT2D eigenvalue weighted by Crippen LogP contribution is -2.44. The molecule has 0 aliphatic rings. The molecule has 42 heavy (non-hydrogen) atoms. The zero-order valence-electron chi connectivity index (χ0n) is 23.7. The van der Waals surface area contributed by atoms with Crippen LogP contribution in [-0.2, 0) is 28.2 Å². The number of anilines is 2. The van der Waals surface area contributed by atoms with Gasteiger partial charge in [-0.1, -0.05) is 48.5 Å². The molecule has 1 amide bonds. The molecule has 2 N–H and O–H groups in total. The van der Waals surface area contributed by atoms with E-state index in [4.69, 9.17) is 15.2 Å². The lowest BCUT2D eigenvalue weighted by Gasteiger charge is -2.36. The molecule has 0 fully saturated rings. The average Bonchev–Trinajstić information content (AvgIpc) is 3.43. The quantitative estimate of drug-likeness (QED) is 0.149. The van der Waals surface area contributed by atoms with Gasteiger partial charge in [-0.25, -0.2) is 18.4 Å². The highest BCUT2D eigenvalue weighted by atomic mass is 32.1. The number of nitrogens with zero attached hydrogens (tertiary/aromatic N) is 2. The zero-order valence-corrected chi connectivity index (χ0v) is 24.5. The van der Waals surface area contributed by atoms with E-state index in [-0.39, 0.29) is 29.3 Å². The number of halogens is 2. The third-order valence-electron chi connectivity index (χ3n) is 6.68. The number of carbonyl (C=O) groups is 2. The van der Waals surface area contributed by atoms with Crippen LogP contribution in [0.15, 0.2) is 84.2 Å². The van der Waals surface area contributed by atoms with Gasteiger partial charge >= 0.3 is 12.1 Å². The van der Waals surface area contributed by atoms with Crippen LogP contribution in [0.5, 0.6) is 0 Å². The SMILES string of the molecule is CCOC(=O)c1ccsc1N(Cc1c(F)cccc1F)C(=O)OC(C)(CN(C)Cc1ccccc1)c1ccc(N)cc1. The van der Waals surface area contributed by atoms with Crippen molar-refractivity contribution in [3.8, 4) is 0 Å². The van der Waals surface area contributed by atoms with Crippen molar-refractivity contribution >= 4 is 34.1 Å². The van der Waals surface area contributed by atoms with E-state index in [1.165, 1.54) is 12.1 Å². The van der Waals surface area contributed by atoms with Gasteiger partial charge in [0.25, 0.3) is 0 Å². The first kappa shape index (κ1) is 30.7.